The minimum Gasteiger partial charge on any atom is -0.377 e. The number of anilines is 1. The van der Waals surface area contributed by atoms with E-state index in [1.165, 1.54) is 5.69 Å². The van der Waals surface area contributed by atoms with E-state index in [9.17, 15) is 0 Å². The van der Waals surface area contributed by atoms with E-state index < -0.39 is 0 Å². The zero-order valence-electron chi connectivity index (χ0n) is 9.16. The summed E-state index contributed by atoms with van der Waals surface area (Å²) in [6.45, 7) is 1.06. The molecule has 1 aromatic carbocycles. The van der Waals surface area contributed by atoms with Crippen LogP contribution in [0.15, 0.2) is 18.2 Å². The Morgan fingerprint density at radius 1 is 1.47 bits per heavy atom. The summed E-state index contributed by atoms with van der Waals surface area (Å²) in [4.78, 5) is 2.25. The Morgan fingerprint density at radius 3 is 3.00 bits per heavy atom. The molecule has 0 saturated heterocycles. The standard InChI is InChI=1S/C12H16ClNO/c1-14-8-4-7-11(15-2)12-9(13)5-3-6-10(12)14/h3,5-6,11H,4,7-8H2,1-2H3. The number of hydrogen-bond acceptors (Lipinski definition) is 2. The molecule has 3 heteroatoms. The summed E-state index contributed by atoms with van der Waals surface area (Å²) in [5.74, 6) is 0. The maximum absolute atomic E-state index is 6.25. The van der Waals surface area contributed by atoms with Crippen molar-refractivity contribution < 1.29 is 4.74 Å². The van der Waals surface area contributed by atoms with Crippen molar-refractivity contribution >= 4 is 17.3 Å². The van der Waals surface area contributed by atoms with Crippen LogP contribution in [-0.2, 0) is 4.74 Å². The van der Waals surface area contributed by atoms with Crippen LogP contribution in [-0.4, -0.2) is 20.7 Å². The van der Waals surface area contributed by atoms with Crippen LogP contribution in [0.25, 0.3) is 0 Å². The zero-order valence-corrected chi connectivity index (χ0v) is 9.92. The van der Waals surface area contributed by atoms with Gasteiger partial charge in [-0.1, -0.05) is 17.7 Å². The summed E-state index contributed by atoms with van der Waals surface area (Å²) in [6.07, 6.45) is 2.32. The van der Waals surface area contributed by atoms with Gasteiger partial charge in [-0.2, -0.15) is 0 Å². The predicted molar refractivity (Wildman–Crippen MR) is 63.7 cm³/mol. The average molecular weight is 226 g/mol. The van der Waals surface area contributed by atoms with E-state index >= 15 is 0 Å². The normalized spacial score (nSPS) is 21.0. The Bertz CT molecular complexity index is 353. The van der Waals surface area contributed by atoms with Crippen LogP contribution in [0.2, 0.25) is 5.02 Å². The molecule has 82 valence electrons. The molecule has 1 aliphatic heterocycles. The van der Waals surface area contributed by atoms with E-state index in [4.69, 9.17) is 16.3 Å². The Labute approximate surface area is 95.8 Å². The molecule has 1 aliphatic rings. The van der Waals surface area contributed by atoms with Crippen molar-refractivity contribution in [3.8, 4) is 0 Å². The van der Waals surface area contributed by atoms with Crippen LogP contribution >= 0.6 is 11.6 Å². The van der Waals surface area contributed by atoms with Gasteiger partial charge in [0.15, 0.2) is 0 Å². The van der Waals surface area contributed by atoms with Gasteiger partial charge in [0.1, 0.15) is 0 Å². The van der Waals surface area contributed by atoms with Crippen molar-refractivity contribution in [3.05, 3.63) is 28.8 Å². The van der Waals surface area contributed by atoms with Gasteiger partial charge in [0, 0.05) is 37.0 Å². The zero-order chi connectivity index (χ0) is 10.8. The van der Waals surface area contributed by atoms with Gasteiger partial charge in [0.2, 0.25) is 0 Å². The van der Waals surface area contributed by atoms with Gasteiger partial charge in [-0.05, 0) is 25.0 Å². The molecule has 2 rings (SSSR count). The fraction of sp³-hybridized carbons (Fsp3) is 0.500. The molecular formula is C12H16ClNO. The highest BCUT2D eigenvalue weighted by Crippen LogP contribution is 2.38. The van der Waals surface area contributed by atoms with E-state index in [2.05, 4.69) is 18.0 Å². The molecule has 0 bridgehead atoms. The first-order chi connectivity index (χ1) is 7.24. The van der Waals surface area contributed by atoms with E-state index in [0.717, 1.165) is 30.0 Å². The molecule has 1 heterocycles. The fourth-order valence-electron chi connectivity index (χ4n) is 2.19. The molecule has 0 N–H and O–H groups in total. The molecule has 0 fully saturated rings. The van der Waals surface area contributed by atoms with E-state index in [-0.39, 0.29) is 6.10 Å². The SMILES string of the molecule is COC1CCCN(C)c2cccc(Cl)c21. The second kappa shape index (κ2) is 4.42. The van der Waals surface area contributed by atoms with Crippen LogP contribution in [0.5, 0.6) is 0 Å². The molecule has 0 radical (unpaired) electrons. The number of hydrogen-bond donors (Lipinski definition) is 0. The molecule has 0 aromatic heterocycles. The summed E-state index contributed by atoms with van der Waals surface area (Å²) < 4.78 is 5.52. The van der Waals surface area contributed by atoms with Gasteiger partial charge in [-0.3, -0.25) is 0 Å². The Balaban J connectivity index is 2.51. The molecule has 15 heavy (non-hydrogen) atoms. The molecule has 0 aliphatic carbocycles. The highest BCUT2D eigenvalue weighted by atomic mass is 35.5. The molecule has 1 atom stereocenters. The van der Waals surface area contributed by atoms with Crippen LogP contribution in [0.3, 0.4) is 0 Å². The van der Waals surface area contributed by atoms with Crippen LogP contribution in [0.1, 0.15) is 24.5 Å². The van der Waals surface area contributed by atoms with Crippen molar-refractivity contribution in [1.82, 2.24) is 0 Å². The lowest BCUT2D eigenvalue weighted by molar-refractivity contribution is 0.0966. The number of ether oxygens (including phenoxy) is 1. The van der Waals surface area contributed by atoms with Crippen molar-refractivity contribution in [3.63, 3.8) is 0 Å². The summed E-state index contributed by atoms with van der Waals surface area (Å²) in [7, 11) is 3.86. The number of benzene rings is 1. The number of halogens is 1. The molecular weight excluding hydrogens is 210 g/mol. The van der Waals surface area contributed by atoms with Gasteiger partial charge in [-0.25, -0.2) is 0 Å². The fourth-order valence-corrected chi connectivity index (χ4v) is 2.48. The lowest BCUT2D eigenvalue weighted by Crippen LogP contribution is -2.17. The van der Waals surface area contributed by atoms with Crippen LogP contribution in [0, 0.1) is 0 Å². The first-order valence-electron chi connectivity index (χ1n) is 5.26. The summed E-state index contributed by atoms with van der Waals surface area (Å²) in [5, 5.41) is 0.813. The quantitative estimate of drug-likeness (QED) is 0.728. The molecule has 1 unspecified atom stereocenters. The average Bonchev–Trinajstić information content (AvgIpc) is 2.39. The number of methoxy groups -OCH3 is 1. The van der Waals surface area contributed by atoms with Gasteiger partial charge >= 0.3 is 0 Å². The lowest BCUT2D eigenvalue weighted by atomic mass is 10.0. The maximum atomic E-state index is 6.25. The molecule has 2 nitrogen and oxygen atoms in total. The maximum Gasteiger partial charge on any atom is 0.0856 e. The molecule has 0 amide bonds. The van der Waals surface area contributed by atoms with Gasteiger partial charge in [-0.15, -0.1) is 0 Å². The van der Waals surface area contributed by atoms with Crippen LogP contribution in [0.4, 0.5) is 5.69 Å². The van der Waals surface area contributed by atoms with Crippen molar-refractivity contribution in [2.24, 2.45) is 0 Å². The Morgan fingerprint density at radius 2 is 2.27 bits per heavy atom. The first kappa shape index (κ1) is 10.8. The Hall–Kier alpha value is -0.730. The van der Waals surface area contributed by atoms with E-state index in [0.29, 0.717) is 0 Å². The van der Waals surface area contributed by atoms with Gasteiger partial charge in [0.05, 0.1) is 6.10 Å². The molecule has 0 spiro atoms. The second-order valence-corrected chi connectivity index (χ2v) is 4.37. The third kappa shape index (κ3) is 1.97. The first-order valence-corrected chi connectivity index (χ1v) is 5.64. The van der Waals surface area contributed by atoms with Gasteiger partial charge < -0.3 is 9.64 Å². The third-order valence-electron chi connectivity index (χ3n) is 3.01. The summed E-state index contributed by atoms with van der Waals surface area (Å²) >= 11 is 6.25. The second-order valence-electron chi connectivity index (χ2n) is 3.96. The third-order valence-corrected chi connectivity index (χ3v) is 3.34. The van der Waals surface area contributed by atoms with E-state index in [1.54, 1.807) is 7.11 Å². The van der Waals surface area contributed by atoms with E-state index in [1.807, 2.05) is 12.1 Å². The van der Waals surface area contributed by atoms with Crippen molar-refractivity contribution in [1.29, 1.82) is 0 Å². The Kier molecular flexibility index (Phi) is 3.17. The summed E-state index contributed by atoms with van der Waals surface area (Å²) in [5.41, 5.74) is 2.34. The molecule has 1 aromatic rings. The summed E-state index contributed by atoms with van der Waals surface area (Å²) in [6, 6.07) is 6.04. The number of nitrogens with zero attached hydrogens (tertiary/aromatic N) is 1. The van der Waals surface area contributed by atoms with Gasteiger partial charge in [0.25, 0.3) is 0 Å². The minimum absolute atomic E-state index is 0.138. The largest absolute Gasteiger partial charge is 0.377 e. The van der Waals surface area contributed by atoms with Crippen molar-refractivity contribution in [2.45, 2.75) is 18.9 Å². The monoisotopic (exact) mass is 225 g/mol. The topological polar surface area (TPSA) is 12.5 Å². The smallest absolute Gasteiger partial charge is 0.0856 e. The number of fused-ring (bicyclic) bond motifs is 1. The van der Waals surface area contributed by atoms with Crippen molar-refractivity contribution in [2.75, 3.05) is 25.6 Å². The molecule has 0 saturated carbocycles. The minimum atomic E-state index is 0.138. The highest BCUT2D eigenvalue weighted by molar-refractivity contribution is 6.31. The number of rotatable bonds is 1. The van der Waals surface area contributed by atoms with Crippen LogP contribution < -0.4 is 4.90 Å². The lowest BCUT2D eigenvalue weighted by Gasteiger charge is -2.21. The highest BCUT2D eigenvalue weighted by Gasteiger charge is 2.23. The predicted octanol–water partition coefficient (Wildman–Crippen LogP) is 3.26.